The van der Waals surface area contributed by atoms with Crippen molar-refractivity contribution in [1.82, 2.24) is 4.90 Å². The van der Waals surface area contributed by atoms with Gasteiger partial charge in [0.2, 0.25) is 0 Å². The van der Waals surface area contributed by atoms with Crippen molar-refractivity contribution in [2.24, 2.45) is 0 Å². The molecule has 3 atom stereocenters. The fourth-order valence-electron chi connectivity index (χ4n) is 1.71. The Morgan fingerprint density at radius 1 is 1.60 bits per heavy atom. The summed E-state index contributed by atoms with van der Waals surface area (Å²) in [6.45, 7) is 4.90. The molecule has 1 aliphatic rings. The van der Waals surface area contributed by atoms with Crippen LogP contribution in [0.5, 0.6) is 0 Å². The van der Waals surface area contributed by atoms with Gasteiger partial charge in [-0.15, -0.1) is 0 Å². The first-order valence-corrected chi connectivity index (χ1v) is 6.46. The average Bonchev–Trinajstić information content (AvgIpc) is 2.60. The van der Waals surface area contributed by atoms with E-state index in [1.165, 1.54) is 0 Å². The van der Waals surface area contributed by atoms with Gasteiger partial charge in [-0.05, 0) is 26.2 Å². The third-order valence-corrected chi connectivity index (χ3v) is 3.20. The summed E-state index contributed by atoms with van der Waals surface area (Å²) in [5, 5.41) is 0. The molecule has 15 heavy (non-hydrogen) atoms. The Morgan fingerprint density at radius 3 is 2.73 bits per heavy atom. The number of hydrogen-bond donors (Lipinski definition) is 0. The first kappa shape index (κ1) is 13.0. The molecule has 1 rings (SSSR count). The van der Waals surface area contributed by atoms with Gasteiger partial charge in [0.1, 0.15) is 6.10 Å². The second kappa shape index (κ2) is 5.85. The maximum absolute atomic E-state index is 11.9. The second-order valence-corrected chi connectivity index (χ2v) is 5.91. The number of carbonyl (C=O) groups is 1. The van der Waals surface area contributed by atoms with Gasteiger partial charge >= 0.3 is 0 Å². The number of halogens is 1. The second-order valence-electron chi connectivity index (χ2n) is 4.34. The Kier molecular flexibility index (Phi) is 5.06. The molecule has 1 saturated heterocycles. The fourth-order valence-corrected chi connectivity index (χ4v) is 1.92. The van der Waals surface area contributed by atoms with Gasteiger partial charge in [-0.3, -0.25) is 4.79 Å². The fraction of sp³-hybridized carbons (Fsp3) is 0.909. The summed E-state index contributed by atoms with van der Waals surface area (Å²) in [4.78, 5) is 14.1. The van der Waals surface area contributed by atoms with Crippen LogP contribution in [-0.2, 0) is 9.53 Å². The summed E-state index contributed by atoms with van der Waals surface area (Å²) < 4.78 is 5.55. The summed E-state index contributed by atoms with van der Waals surface area (Å²) in [6, 6.07) is 0. The lowest BCUT2D eigenvalue weighted by Gasteiger charge is -2.21. The molecule has 0 saturated carbocycles. The molecule has 0 aromatic carbocycles. The van der Waals surface area contributed by atoms with Gasteiger partial charge in [0.15, 0.2) is 0 Å². The number of carbonyl (C=O) groups excluding carboxylic acids is 1. The minimum absolute atomic E-state index is 0.132. The maximum atomic E-state index is 11.9. The van der Waals surface area contributed by atoms with E-state index in [4.69, 9.17) is 4.74 Å². The summed E-state index contributed by atoms with van der Waals surface area (Å²) in [5.41, 5.74) is 0. The van der Waals surface area contributed by atoms with Gasteiger partial charge in [0.25, 0.3) is 5.91 Å². The van der Waals surface area contributed by atoms with E-state index in [-0.39, 0.29) is 18.1 Å². The van der Waals surface area contributed by atoms with Crippen LogP contribution in [-0.4, -0.2) is 41.4 Å². The van der Waals surface area contributed by atoms with Crippen molar-refractivity contribution in [1.29, 1.82) is 0 Å². The molecular weight excluding hydrogens is 258 g/mol. The van der Waals surface area contributed by atoms with Gasteiger partial charge in [0, 0.05) is 18.4 Å². The normalized spacial score (nSPS) is 27.7. The molecule has 1 aliphatic heterocycles. The minimum Gasteiger partial charge on any atom is -0.365 e. The SMILES string of the molecule is CC(Br)CCN(C)C(=O)C1CCC(C)O1. The number of hydrogen-bond acceptors (Lipinski definition) is 2. The monoisotopic (exact) mass is 277 g/mol. The minimum atomic E-state index is -0.198. The maximum Gasteiger partial charge on any atom is 0.251 e. The van der Waals surface area contributed by atoms with Crippen LogP contribution in [0.25, 0.3) is 0 Å². The molecule has 0 N–H and O–H groups in total. The van der Waals surface area contributed by atoms with Crippen LogP contribution >= 0.6 is 15.9 Å². The Balaban J connectivity index is 2.32. The van der Waals surface area contributed by atoms with E-state index in [1.807, 2.05) is 14.0 Å². The topological polar surface area (TPSA) is 29.5 Å². The molecule has 1 heterocycles. The number of alkyl halides is 1. The van der Waals surface area contributed by atoms with E-state index >= 15 is 0 Å². The molecule has 0 radical (unpaired) electrons. The highest BCUT2D eigenvalue weighted by molar-refractivity contribution is 9.09. The van der Waals surface area contributed by atoms with Crippen LogP contribution in [0.2, 0.25) is 0 Å². The Hall–Kier alpha value is -0.0900. The molecule has 88 valence electrons. The Morgan fingerprint density at radius 2 is 2.27 bits per heavy atom. The zero-order chi connectivity index (χ0) is 11.4. The van der Waals surface area contributed by atoms with Crippen molar-refractivity contribution < 1.29 is 9.53 Å². The number of rotatable bonds is 4. The van der Waals surface area contributed by atoms with Crippen LogP contribution in [0.4, 0.5) is 0 Å². The molecule has 1 amide bonds. The first-order chi connectivity index (χ1) is 7.00. The predicted octanol–water partition coefficient (Wildman–Crippen LogP) is 2.19. The van der Waals surface area contributed by atoms with Crippen LogP contribution in [0, 0.1) is 0 Å². The molecule has 0 spiro atoms. The first-order valence-electron chi connectivity index (χ1n) is 5.55. The Bertz CT molecular complexity index is 221. The molecule has 0 aromatic heterocycles. The van der Waals surface area contributed by atoms with E-state index in [1.54, 1.807) is 4.90 Å². The zero-order valence-corrected chi connectivity index (χ0v) is 11.3. The van der Waals surface area contributed by atoms with E-state index < -0.39 is 0 Å². The van der Waals surface area contributed by atoms with Crippen LogP contribution in [0.15, 0.2) is 0 Å². The molecule has 4 heteroatoms. The molecule has 3 unspecified atom stereocenters. The van der Waals surface area contributed by atoms with Crippen LogP contribution in [0.3, 0.4) is 0 Å². The zero-order valence-electron chi connectivity index (χ0n) is 9.70. The standard InChI is InChI=1S/C11H20BrNO2/c1-8(12)6-7-13(3)11(14)10-5-4-9(2)15-10/h8-10H,4-7H2,1-3H3. The highest BCUT2D eigenvalue weighted by Gasteiger charge is 2.30. The van der Waals surface area contributed by atoms with Gasteiger partial charge in [-0.2, -0.15) is 0 Å². The highest BCUT2D eigenvalue weighted by atomic mass is 79.9. The number of ether oxygens (including phenoxy) is 1. The van der Waals surface area contributed by atoms with Gasteiger partial charge in [0.05, 0.1) is 6.10 Å². The van der Waals surface area contributed by atoms with E-state index in [2.05, 4.69) is 22.9 Å². The van der Waals surface area contributed by atoms with Crippen molar-refractivity contribution in [3.05, 3.63) is 0 Å². The van der Waals surface area contributed by atoms with Crippen molar-refractivity contribution in [2.75, 3.05) is 13.6 Å². The van der Waals surface area contributed by atoms with Crippen LogP contribution in [0.1, 0.15) is 33.1 Å². The lowest BCUT2D eigenvalue weighted by Crippen LogP contribution is -2.37. The Labute approximate surface area is 100 Å². The summed E-state index contributed by atoms with van der Waals surface area (Å²) in [7, 11) is 1.85. The molecule has 0 aliphatic carbocycles. The van der Waals surface area contributed by atoms with E-state index in [0.29, 0.717) is 4.83 Å². The largest absolute Gasteiger partial charge is 0.365 e. The molecule has 0 bridgehead atoms. The van der Waals surface area contributed by atoms with Gasteiger partial charge in [-0.1, -0.05) is 22.9 Å². The third kappa shape index (κ3) is 4.11. The summed E-state index contributed by atoms with van der Waals surface area (Å²) >= 11 is 3.48. The third-order valence-electron chi connectivity index (χ3n) is 2.75. The molecule has 1 fully saturated rings. The summed E-state index contributed by atoms with van der Waals surface area (Å²) in [5.74, 6) is 0.132. The summed E-state index contributed by atoms with van der Waals surface area (Å²) in [6.07, 6.45) is 2.88. The lowest BCUT2D eigenvalue weighted by atomic mass is 10.2. The number of likely N-dealkylation sites (N-methyl/N-ethyl adjacent to an activating group) is 1. The van der Waals surface area contributed by atoms with Crippen molar-refractivity contribution in [3.63, 3.8) is 0 Å². The van der Waals surface area contributed by atoms with E-state index in [0.717, 1.165) is 25.8 Å². The van der Waals surface area contributed by atoms with Crippen molar-refractivity contribution in [3.8, 4) is 0 Å². The molecule has 0 aromatic rings. The van der Waals surface area contributed by atoms with Crippen molar-refractivity contribution >= 4 is 21.8 Å². The lowest BCUT2D eigenvalue weighted by molar-refractivity contribution is -0.141. The predicted molar refractivity (Wildman–Crippen MR) is 64.2 cm³/mol. The quantitative estimate of drug-likeness (QED) is 0.738. The van der Waals surface area contributed by atoms with Crippen molar-refractivity contribution in [2.45, 2.75) is 50.1 Å². The molecular formula is C11H20BrNO2. The molecule has 3 nitrogen and oxygen atoms in total. The highest BCUT2D eigenvalue weighted by Crippen LogP contribution is 2.20. The number of amides is 1. The average molecular weight is 278 g/mol. The van der Waals surface area contributed by atoms with Crippen LogP contribution < -0.4 is 0 Å². The smallest absolute Gasteiger partial charge is 0.251 e. The van der Waals surface area contributed by atoms with Gasteiger partial charge in [-0.25, -0.2) is 0 Å². The van der Waals surface area contributed by atoms with Gasteiger partial charge < -0.3 is 9.64 Å². The van der Waals surface area contributed by atoms with E-state index in [9.17, 15) is 4.79 Å². The number of nitrogens with zero attached hydrogens (tertiary/aromatic N) is 1.